The van der Waals surface area contributed by atoms with E-state index in [0.717, 1.165) is 11.1 Å². The summed E-state index contributed by atoms with van der Waals surface area (Å²) >= 11 is 0. The molecule has 128 valence electrons. The van der Waals surface area contributed by atoms with Gasteiger partial charge in [0.15, 0.2) is 0 Å². The normalized spacial score (nSPS) is 9.71. The van der Waals surface area contributed by atoms with Gasteiger partial charge in [0, 0.05) is 13.1 Å². The van der Waals surface area contributed by atoms with Gasteiger partial charge in [0.05, 0.1) is 12.2 Å². The number of amides is 1. The molecule has 2 rings (SSSR count). The van der Waals surface area contributed by atoms with Crippen molar-refractivity contribution in [2.45, 2.75) is 20.0 Å². The minimum Gasteiger partial charge on any atom is -0.478 e. The molecule has 0 bridgehead atoms. The maximum absolute atomic E-state index is 12.1. The predicted molar refractivity (Wildman–Crippen MR) is 93.4 cm³/mol. The second kappa shape index (κ2) is 9.57. The summed E-state index contributed by atoms with van der Waals surface area (Å²) in [6.45, 7) is 2.86. The van der Waals surface area contributed by atoms with Crippen LogP contribution in [-0.2, 0) is 17.8 Å². The van der Waals surface area contributed by atoms with E-state index in [1.807, 2.05) is 30.3 Å². The molecule has 1 amide bonds. The topological polar surface area (TPSA) is 66.8 Å². The number of halogens is 1. The fourth-order valence-corrected chi connectivity index (χ4v) is 2.18. The Morgan fingerprint density at radius 3 is 2.00 bits per heavy atom. The Balaban J connectivity index is 0.00000288. The zero-order chi connectivity index (χ0) is 16.7. The summed E-state index contributed by atoms with van der Waals surface area (Å²) in [6.07, 6.45) is -0.390. The Morgan fingerprint density at radius 2 is 1.50 bits per heavy atom. The Morgan fingerprint density at radius 1 is 0.958 bits per heavy atom. The van der Waals surface area contributed by atoms with Crippen LogP contribution in [-0.4, -0.2) is 28.7 Å². The molecular formula is C18H20ClNO4. The minimum absolute atomic E-state index is 0. The van der Waals surface area contributed by atoms with Gasteiger partial charge in [-0.15, -0.1) is 12.4 Å². The average Bonchev–Trinajstić information content (AvgIpc) is 2.56. The highest BCUT2D eigenvalue weighted by atomic mass is 35.5. The molecule has 2 aromatic carbocycles. The van der Waals surface area contributed by atoms with E-state index in [0.29, 0.717) is 19.7 Å². The van der Waals surface area contributed by atoms with Crippen molar-refractivity contribution in [1.29, 1.82) is 0 Å². The number of benzene rings is 2. The minimum atomic E-state index is -0.969. The molecule has 0 saturated heterocycles. The summed E-state index contributed by atoms with van der Waals surface area (Å²) in [5.74, 6) is -0.969. The lowest BCUT2D eigenvalue weighted by molar-refractivity contribution is 0.0696. The van der Waals surface area contributed by atoms with Crippen LogP contribution in [0.4, 0.5) is 4.79 Å². The molecule has 0 fully saturated rings. The van der Waals surface area contributed by atoms with Crippen LogP contribution >= 0.6 is 12.4 Å². The molecule has 24 heavy (non-hydrogen) atoms. The molecule has 1 N–H and O–H groups in total. The van der Waals surface area contributed by atoms with E-state index in [9.17, 15) is 9.59 Å². The Bertz CT molecular complexity index is 658. The summed E-state index contributed by atoms with van der Waals surface area (Å²) in [5, 5.41) is 8.93. The first-order valence-corrected chi connectivity index (χ1v) is 7.38. The van der Waals surface area contributed by atoms with Crippen LogP contribution in [0.5, 0.6) is 0 Å². The number of nitrogens with zero attached hydrogens (tertiary/aromatic N) is 1. The van der Waals surface area contributed by atoms with E-state index in [1.165, 1.54) is 12.1 Å². The van der Waals surface area contributed by atoms with Crippen molar-refractivity contribution in [3.05, 3.63) is 71.3 Å². The van der Waals surface area contributed by atoms with Gasteiger partial charge < -0.3 is 9.84 Å². The zero-order valence-electron chi connectivity index (χ0n) is 13.3. The number of carbonyl (C=O) groups excluding carboxylic acids is 1. The van der Waals surface area contributed by atoms with Crippen molar-refractivity contribution in [1.82, 2.24) is 4.90 Å². The molecular weight excluding hydrogens is 330 g/mol. The van der Waals surface area contributed by atoms with Gasteiger partial charge in [-0.1, -0.05) is 42.5 Å². The standard InChI is InChI=1S/C18H19NO4.ClH/c1-2-23-18(22)19(12-14-6-4-3-5-7-14)13-15-8-10-16(11-9-15)17(20)21;/h3-11H,2,12-13H2,1H3,(H,20,21);1H. The molecule has 0 aliphatic rings. The maximum Gasteiger partial charge on any atom is 0.410 e. The first kappa shape index (κ1) is 19.5. The Kier molecular flexibility index (Phi) is 7.79. The molecule has 0 heterocycles. The van der Waals surface area contributed by atoms with Gasteiger partial charge >= 0.3 is 12.1 Å². The third-order valence-corrected chi connectivity index (χ3v) is 3.32. The first-order valence-electron chi connectivity index (χ1n) is 7.38. The number of hydrogen-bond acceptors (Lipinski definition) is 3. The second-order valence-corrected chi connectivity index (χ2v) is 5.04. The Hall–Kier alpha value is -2.53. The molecule has 0 aliphatic heterocycles. The van der Waals surface area contributed by atoms with Crippen LogP contribution in [0.2, 0.25) is 0 Å². The highest BCUT2D eigenvalue weighted by molar-refractivity contribution is 5.87. The van der Waals surface area contributed by atoms with Gasteiger partial charge in [-0.3, -0.25) is 4.90 Å². The summed E-state index contributed by atoms with van der Waals surface area (Å²) in [5.41, 5.74) is 2.07. The zero-order valence-corrected chi connectivity index (χ0v) is 14.2. The molecule has 0 unspecified atom stereocenters. The fourth-order valence-electron chi connectivity index (χ4n) is 2.18. The molecule has 0 aromatic heterocycles. The predicted octanol–water partition coefficient (Wildman–Crippen LogP) is 3.97. The van der Waals surface area contributed by atoms with Crippen molar-refractivity contribution in [2.75, 3.05) is 6.61 Å². The van der Waals surface area contributed by atoms with Crippen molar-refractivity contribution in [3.8, 4) is 0 Å². The molecule has 5 nitrogen and oxygen atoms in total. The number of hydrogen-bond donors (Lipinski definition) is 1. The average molecular weight is 350 g/mol. The van der Waals surface area contributed by atoms with Crippen LogP contribution in [0.3, 0.4) is 0 Å². The first-order chi connectivity index (χ1) is 11.1. The van der Waals surface area contributed by atoms with E-state index < -0.39 is 12.1 Å². The summed E-state index contributed by atoms with van der Waals surface area (Å²) in [4.78, 5) is 24.6. The van der Waals surface area contributed by atoms with E-state index in [1.54, 1.807) is 24.0 Å². The highest BCUT2D eigenvalue weighted by Crippen LogP contribution is 2.13. The van der Waals surface area contributed by atoms with Crippen LogP contribution in [0.15, 0.2) is 54.6 Å². The highest BCUT2D eigenvalue weighted by Gasteiger charge is 2.16. The monoisotopic (exact) mass is 349 g/mol. The largest absolute Gasteiger partial charge is 0.478 e. The molecule has 0 aliphatic carbocycles. The van der Waals surface area contributed by atoms with Gasteiger partial charge in [-0.05, 0) is 30.2 Å². The van der Waals surface area contributed by atoms with Gasteiger partial charge in [0.1, 0.15) is 0 Å². The third-order valence-electron chi connectivity index (χ3n) is 3.32. The van der Waals surface area contributed by atoms with Crippen molar-refractivity contribution in [2.24, 2.45) is 0 Å². The quantitative estimate of drug-likeness (QED) is 0.857. The Labute approximate surface area is 147 Å². The van der Waals surface area contributed by atoms with E-state index >= 15 is 0 Å². The van der Waals surface area contributed by atoms with Crippen molar-refractivity contribution < 1.29 is 19.4 Å². The van der Waals surface area contributed by atoms with Gasteiger partial charge in [-0.2, -0.15) is 0 Å². The summed E-state index contributed by atoms with van der Waals surface area (Å²) in [6, 6.07) is 16.1. The molecule has 0 atom stereocenters. The molecule has 2 aromatic rings. The lowest BCUT2D eigenvalue weighted by atomic mass is 10.1. The number of ether oxygens (including phenoxy) is 1. The molecule has 0 saturated carbocycles. The van der Waals surface area contributed by atoms with Crippen LogP contribution in [0, 0.1) is 0 Å². The van der Waals surface area contributed by atoms with Crippen LogP contribution in [0.25, 0.3) is 0 Å². The number of carboxylic acid groups (broad SMARTS) is 1. The number of carbonyl (C=O) groups is 2. The second-order valence-electron chi connectivity index (χ2n) is 5.04. The molecule has 0 spiro atoms. The van der Waals surface area contributed by atoms with Crippen molar-refractivity contribution >= 4 is 24.5 Å². The maximum atomic E-state index is 12.1. The fraction of sp³-hybridized carbons (Fsp3) is 0.222. The van der Waals surface area contributed by atoms with Gasteiger partial charge in [-0.25, -0.2) is 9.59 Å². The van der Waals surface area contributed by atoms with Crippen LogP contribution in [0.1, 0.15) is 28.4 Å². The van der Waals surface area contributed by atoms with Gasteiger partial charge in [0.25, 0.3) is 0 Å². The van der Waals surface area contributed by atoms with Crippen molar-refractivity contribution in [3.63, 3.8) is 0 Å². The molecule has 0 radical (unpaired) electrons. The van der Waals surface area contributed by atoms with Gasteiger partial charge in [0.2, 0.25) is 0 Å². The van der Waals surface area contributed by atoms with E-state index in [4.69, 9.17) is 9.84 Å². The van der Waals surface area contributed by atoms with E-state index in [2.05, 4.69) is 0 Å². The summed E-state index contributed by atoms with van der Waals surface area (Å²) < 4.78 is 5.10. The lowest BCUT2D eigenvalue weighted by Gasteiger charge is -2.22. The number of aromatic carboxylic acids is 1. The number of rotatable bonds is 6. The van der Waals surface area contributed by atoms with Crippen LogP contribution < -0.4 is 0 Å². The molecule has 6 heteroatoms. The summed E-state index contributed by atoms with van der Waals surface area (Å²) in [7, 11) is 0. The lowest BCUT2D eigenvalue weighted by Crippen LogP contribution is -2.30. The van der Waals surface area contributed by atoms with E-state index in [-0.39, 0.29) is 18.0 Å². The SMILES string of the molecule is CCOC(=O)N(Cc1ccccc1)Cc1ccc(C(=O)O)cc1.Cl. The third kappa shape index (κ3) is 5.59. The smallest absolute Gasteiger partial charge is 0.410 e. The number of carboxylic acids is 1.